The lowest BCUT2D eigenvalue weighted by Crippen LogP contribution is -2.58. The number of carboxylic acids is 1. The maximum absolute atomic E-state index is 15.9. The molecule has 4 aliphatic rings. The van der Waals surface area contributed by atoms with Crippen LogP contribution in [0.3, 0.4) is 0 Å². The highest BCUT2D eigenvalue weighted by Crippen LogP contribution is 2.36. The average molecular weight is 1080 g/mol. The molecule has 0 amide bonds. The number of benzene rings is 2. The number of nitrogens with zero attached hydrogens (tertiary/aromatic N) is 12. The van der Waals surface area contributed by atoms with Gasteiger partial charge >= 0.3 is 5.97 Å². The first-order valence-electron chi connectivity index (χ1n) is 25.3. The number of pyridine rings is 4. The lowest BCUT2D eigenvalue weighted by atomic mass is 10.1. The molecule has 2 aromatic carbocycles. The highest BCUT2D eigenvalue weighted by molar-refractivity contribution is 5.95. The van der Waals surface area contributed by atoms with E-state index in [1.54, 1.807) is 9.80 Å². The topological polar surface area (TPSA) is 274 Å². The number of fused-ring (bicyclic) bond motifs is 6. The second kappa shape index (κ2) is 21.4. The zero-order chi connectivity index (χ0) is 55.3. The van der Waals surface area contributed by atoms with Gasteiger partial charge in [0.05, 0.1) is 22.1 Å². The summed E-state index contributed by atoms with van der Waals surface area (Å²) in [5, 5.41) is 9.27. The van der Waals surface area contributed by atoms with E-state index in [2.05, 4.69) is 29.9 Å². The smallest absolute Gasteiger partial charge is 0.341 e. The highest BCUT2D eigenvalue weighted by Gasteiger charge is 2.44. The Morgan fingerprint density at radius 1 is 0.590 bits per heavy atom. The Balaban J connectivity index is 0.705. The number of halogens is 6. The molecule has 4 aliphatic heterocycles. The van der Waals surface area contributed by atoms with E-state index in [0.717, 1.165) is 72.8 Å². The number of anilines is 2. The Kier molecular flexibility index (Phi) is 14.4. The Morgan fingerprint density at radius 2 is 1.00 bits per heavy atom. The Labute approximate surface area is 440 Å². The molecular weight excluding hydrogens is 1030 g/mol. The third kappa shape index (κ3) is 10.2. The summed E-state index contributed by atoms with van der Waals surface area (Å²) in [5.74, 6) is -6.59. The number of carboxylic acid groups (broad SMARTS) is 1. The second-order valence-corrected chi connectivity index (χ2v) is 19.8. The van der Waals surface area contributed by atoms with Crippen LogP contribution in [0.2, 0.25) is 0 Å². The minimum atomic E-state index is -1.62. The van der Waals surface area contributed by atoms with E-state index in [-0.39, 0.29) is 106 Å². The molecule has 20 nitrogen and oxygen atoms in total. The van der Waals surface area contributed by atoms with Crippen LogP contribution in [-0.2, 0) is 0 Å². The van der Waals surface area contributed by atoms with E-state index >= 15 is 13.2 Å². The van der Waals surface area contributed by atoms with E-state index in [1.165, 1.54) is 23.8 Å². The standard InChI is InChI=1S/C52H54F6N16O4/c1-26-20-71(40-12-6-27(53)16-36(40)55)44-33(42(26)75)18-38(57)46(65-44)69-21-29-8-9-30(22-69)73(29)51(61)67-49(59)63-14-4-2-3-5-15-64-50(60)68-52(62)74-31-10-11-32(74)24-70(23-31)47-39(58)19-34-43(76)35(48(77)78)25-72(45(34)66-47)41-13-7-28(54)17-37(41)56/h6-7,12-13,16-20,25,29-32H,2-5,8-11,14-15,21-24H2,1H3,(H,77,78)(H4,59,61,63,67)(H4,60,62,64,68). The van der Waals surface area contributed by atoms with Gasteiger partial charge in [-0.1, -0.05) is 12.8 Å². The molecule has 6 aromatic rings. The van der Waals surface area contributed by atoms with Gasteiger partial charge in [-0.2, -0.15) is 9.98 Å². The third-order valence-electron chi connectivity index (χ3n) is 14.7. The number of hydrogen-bond donors (Lipinski definition) is 5. The van der Waals surface area contributed by atoms with Gasteiger partial charge in [-0.25, -0.2) is 41.1 Å². The molecule has 408 valence electrons. The maximum Gasteiger partial charge on any atom is 0.341 e. The van der Waals surface area contributed by atoms with Crippen molar-refractivity contribution in [3.05, 3.63) is 127 Å². The predicted molar refractivity (Wildman–Crippen MR) is 283 cm³/mol. The molecule has 4 saturated heterocycles. The molecule has 4 aromatic heterocycles. The number of nitrogens with two attached hydrogens (primary N) is 4. The minimum absolute atomic E-state index is 0.00788. The number of piperazine rings is 2. The summed E-state index contributed by atoms with van der Waals surface area (Å²) in [6.07, 6.45) is 8.15. The van der Waals surface area contributed by atoms with Crippen LogP contribution in [0.15, 0.2) is 90.5 Å². The summed E-state index contributed by atoms with van der Waals surface area (Å²) in [4.78, 5) is 72.0. The molecule has 10 rings (SSSR count). The number of guanidine groups is 4. The first-order chi connectivity index (χ1) is 37.3. The Morgan fingerprint density at radius 3 is 1.41 bits per heavy atom. The number of aliphatic imine (C=N–C) groups is 4. The van der Waals surface area contributed by atoms with Gasteiger partial charge in [0.25, 0.3) is 0 Å². The van der Waals surface area contributed by atoms with Crippen molar-refractivity contribution >= 4 is 63.5 Å². The Bertz CT molecular complexity index is 3620. The van der Waals surface area contributed by atoms with E-state index in [4.69, 9.17) is 22.9 Å². The molecule has 4 bridgehead atoms. The lowest BCUT2D eigenvalue weighted by molar-refractivity contribution is 0.0695. The molecule has 0 spiro atoms. The highest BCUT2D eigenvalue weighted by atomic mass is 19.2. The van der Waals surface area contributed by atoms with E-state index in [1.807, 2.05) is 9.80 Å². The SMILES string of the molecule is Cc1cn(-c2ccc(F)cc2F)c2nc(N3CC4CCC(C3)N4/C(N)=N/C(N)=NCCCCCCN=C(N)/N=C(\N)N3C4CCC3CN(c3nc5c(cc3F)c(=O)c(C(=O)O)cn5-c3ccc(F)cc3F)C4)c(F)cc2c1=O. The van der Waals surface area contributed by atoms with Gasteiger partial charge in [0.1, 0.15) is 28.8 Å². The zero-order valence-electron chi connectivity index (χ0n) is 42.1. The molecule has 9 N–H and O–H groups in total. The second-order valence-electron chi connectivity index (χ2n) is 19.8. The van der Waals surface area contributed by atoms with Crippen LogP contribution in [-0.4, -0.2) is 127 Å². The van der Waals surface area contributed by atoms with Crippen molar-refractivity contribution in [3.8, 4) is 11.4 Å². The first kappa shape index (κ1) is 52.7. The number of hydrogen-bond acceptors (Lipinski definition) is 9. The first-order valence-corrected chi connectivity index (χ1v) is 25.3. The van der Waals surface area contributed by atoms with Gasteiger partial charge in [-0.3, -0.25) is 28.7 Å². The van der Waals surface area contributed by atoms with Crippen LogP contribution in [0.25, 0.3) is 33.4 Å². The number of aromatic nitrogens is 4. The van der Waals surface area contributed by atoms with Gasteiger partial charge in [-0.15, -0.1) is 0 Å². The van der Waals surface area contributed by atoms with Crippen molar-refractivity contribution in [1.82, 2.24) is 28.9 Å². The van der Waals surface area contributed by atoms with Gasteiger partial charge in [0, 0.05) is 93.5 Å². The quantitative estimate of drug-likeness (QED) is 0.0479. The fraction of sp³-hybridized carbons (Fsp3) is 0.365. The third-order valence-corrected chi connectivity index (χ3v) is 14.7. The van der Waals surface area contributed by atoms with E-state index in [0.29, 0.717) is 57.9 Å². The van der Waals surface area contributed by atoms with Crippen LogP contribution in [0.1, 0.15) is 67.3 Å². The largest absolute Gasteiger partial charge is 0.477 e. The summed E-state index contributed by atoms with van der Waals surface area (Å²) in [5.41, 5.74) is 22.8. The van der Waals surface area contributed by atoms with Gasteiger partial charge in [-0.05, 0) is 81.8 Å². The fourth-order valence-electron chi connectivity index (χ4n) is 11.2. The predicted octanol–water partition coefficient (Wildman–Crippen LogP) is 4.75. The molecule has 4 unspecified atom stereocenters. The maximum atomic E-state index is 15.9. The number of carbonyl (C=O) groups is 1. The molecular formula is C52H54F6N16O4. The van der Waals surface area contributed by atoms with Gasteiger partial charge in [0.2, 0.25) is 17.3 Å². The van der Waals surface area contributed by atoms with Gasteiger partial charge < -0.3 is 47.6 Å². The normalized spacial score (nSPS) is 20.0. The molecule has 4 fully saturated rings. The van der Waals surface area contributed by atoms with Crippen LogP contribution in [0.4, 0.5) is 38.0 Å². The van der Waals surface area contributed by atoms with Crippen molar-refractivity contribution in [2.45, 2.75) is 82.5 Å². The van der Waals surface area contributed by atoms with Crippen molar-refractivity contribution in [3.63, 3.8) is 0 Å². The minimum Gasteiger partial charge on any atom is -0.477 e. The van der Waals surface area contributed by atoms with Crippen molar-refractivity contribution < 1.29 is 36.2 Å². The van der Waals surface area contributed by atoms with Crippen LogP contribution >= 0.6 is 0 Å². The monoisotopic (exact) mass is 1080 g/mol. The molecule has 0 saturated carbocycles. The zero-order valence-corrected chi connectivity index (χ0v) is 42.1. The van der Waals surface area contributed by atoms with Crippen molar-refractivity contribution in [2.75, 3.05) is 49.1 Å². The fourth-order valence-corrected chi connectivity index (χ4v) is 11.2. The number of aromatic carboxylic acids is 1. The molecule has 0 radical (unpaired) electrons. The summed E-state index contributed by atoms with van der Waals surface area (Å²) in [6, 6.07) is 6.89. The number of unbranched alkanes of at least 4 members (excludes halogenated alkanes) is 3. The molecule has 26 heteroatoms. The van der Waals surface area contributed by atoms with E-state index < -0.39 is 62.7 Å². The number of aryl methyl sites for hydroxylation is 1. The molecule has 8 heterocycles. The number of rotatable bonds is 12. The molecule has 4 atom stereocenters. The lowest BCUT2D eigenvalue weighted by Gasteiger charge is -2.42. The molecule has 0 aliphatic carbocycles. The van der Waals surface area contributed by atoms with Crippen molar-refractivity contribution in [1.29, 1.82) is 0 Å². The summed E-state index contributed by atoms with van der Waals surface area (Å²) in [7, 11) is 0. The average Bonchev–Trinajstić information content (AvgIpc) is 3.92. The summed E-state index contributed by atoms with van der Waals surface area (Å²) in [6.45, 7) is 3.45. The summed E-state index contributed by atoms with van der Waals surface area (Å²) < 4.78 is 91.7. The van der Waals surface area contributed by atoms with Crippen LogP contribution in [0.5, 0.6) is 0 Å². The Hall–Kier alpha value is -8.71. The van der Waals surface area contributed by atoms with Crippen LogP contribution < -0.4 is 43.6 Å². The molecule has 78 heavy (non-hydrogen) atoms. The summed E-state index contributed by atoms with van der Waals surface area (Å²) >= 11 is 0. The van der Waals surface area contributed by atoms with E-state index in [9.17, 15) is 32.7 Å². The van der Waals surface area contributed by atoms with Gasteiger partial charge in [0.15, 0.2) is 51.9 Å². The van der Waals surface area contributed by atoms with Crippen LogP contribution in [0, 0.1) is 41.8 Å². The van der Waals surface area contributed by atoms with Crippen molar-refractivity contribution in [2.24, 2.45) is 42.9 Å².